The fourth-order valence-electron chi connectivity index (χ4n) is 0.811. The van der Waals surface area contributed by atoms with Crippen LogP contribution in [0.25, 0.3) is 4.98 Å². The number of hydrogen-bond acceptors (Lipinski definition) is 3. The fourth-order valence-corrected chi connectivity index (χ4v) is 0.811. The van der Waals surface area contributed by atoms with Crippen molar-refractivity contribution < 1.29 is 12.4 Å². The van der Waals surface area contributed by atoms with Crippen LogP contribution in [-0.2, 0) is 0 Å². The van der Waals surface area contributed by atoms with E-state index >= 15 is 0 Å². The van der Waals surface area contributed by atoms with E-state index in [2.05, 4.69) is 9.96 Å². The first-order valence-corrected chi connectivity index (χ1v) is 3.23. The lowest BCUT2D eigenvalue weighted by molar-refractivity contribution is -0.00000263. The second kappa shape index (κ2) is 4.52. The monoisotopic (exact) mass is 184 g/mol. The summed E-state index contributed by atoms with van der Waals surface area (Å²) in [6.07, 6.45) is 1.66. The van der Waals surface area contributed by atoms with Crippen LogP contribution >= 0.6 is 0 Å². The van der Waals surface area contributed by atoms with Crippen LogP contribution in [0.4, 0.5) is 11.5 Å². The second-order valence-corrected chi connectivity index (χ2v) is 2.34. The Labute approximate surface area is 77.3 Å². The van der Waals surface area contributed by atoms with Crippen molar-refractivity contribution in [3.63, 3.8) is 0 Å². The van der Waals surface area contributed by atoms with Gasteiger partial charge in [0, 0.05) is 26.4 Å². The molecule has 0 fully saturated rings. The zero-order valence-corrected chi connectivity index (χ0v) is 7.65. The van der Waals surface area contributed by atoms with Crippen LogP contribution in [0.3, 0.4) is 0 Å². The maximum atomic E-state index is 8.53. The molecule has 12 heavy (non-hydrogen) atoms. The van der Waals surface area contributed by atoms with E-state index < -0.39 is 0 Å². The number of pyridine rings is 1. The van der Waals surface area contributed by atoms with Crippen LogP contribution in [0.5, 0.6) is 0 Å². The smallest absolute Gasteiger partial charge is 0.426 e. The average Bonchev–Trinajstić information content (AvgIpc) is 2.04. The molecular weight excluding hydrogens is 176 g/mol. The van der Waals surface area contributed by atoms with E-state index in [0.29, 0.717) is 11.5 Å². The Kier molecular flexibility index (Phi) is 4.02. The van der Waals surface area contributed by atoms with Crippen molar-refractivity contribution in [2.45, 2.75) is 0 Å². The molecule has 0 saturated carbocycles. The van der Waals surface area contributed by atoms with Crippen molar-refractivity contribution in [1.29, 1.82) is 5.39 Å². The maximum Gasteiger partial charge on any atom is 0.426 e. The van der Waals surface area contributed by atoms with Crippen LogP contribution in [0, 0.1) is 5.39 Å². The third-order valence-electron chi connectivity index (χ3n) is 1.30. The standard InChI is InChI=1S/C7H9N4.ClH/c1-11(2)7-6(10-8)4-3-5-9-7;/h3-5H,1-2H3;1H/q+1;/p-1. The quantitative estimate of drug-likeness (QED) is 0.507. The molecule has 0 spiro atoms. The zero-order valence-electron chi connectivity index (χ0n) is 6.90. The van der Waals surface area contributed by atoms with Crippen molar-refractivity contribution in [2.24, 2.45) is 0 Å². The summed E-state index contributed by atoms with van der Waals surface area (Å²) in [5.41, 5.74) is 0.484. The summed E-state index contributed by atoms with van der Waals surface area (Å²) >= 11 is 0. The third-order valence-corrected chi connectivity index (χ3v) is 1.30. The summed E-state index contributed by atoms with van der Waals surface area (Å²) in [5, 5.41) is 8.53. The van der Waals surface area contributed by atoms with Crippen molar-refractivity contribution in [1.82, 2.24) is 4.98 Å². The summed E-state index contributed by atoms with van der Waals surface area (Å²) < 4.78 is 0. The van der Waals surface area contributed by atoms with E-state index in [4.69, 9.17) is 5.39 Å². The highest BCUT2D eigenvalue weighted by Crippen LogP contribution is 2.22. The molecule has 0 atom stereocenters. The molecule has 1 rings (SSSR count). The van der Waals surface area contributed by atoms with Gasteiger partial charge in [0.2, 0.25) is 11.2 Å². The third kappa shape index (κ3) is 2.07. The van der Waals surface area contributed by atoms with E-state index in [1.54, 1.807) is 23.2 Å². The minimum absolute atomic E-state index is 0. The van der Waals surface area contributed by atoms with Crippen molar-refractivity contribution in [3.8, 4) is 0 Å². The van der Waals surface area contributed by atoms with Crippen LogP contribution in [0.15, 0.2) is 18.3 Å². The fraction of sp³-hybridized carbons (Fsp3) is 0.286. The van der Waals surface area contributed by atoms with E-state index in [1.165, 1.54) is 0 Å². The first kappa shape index (κ1) is 10.7. The van der Waals surface area contributed by atoms with Crippen molar-refractivity contribution >= 4 is 11.5 Å². The largest absolute Gasteiger partial charge is 1.00 e. The summed E-state index contributed by atoms with van der Waals surface area (Å²) in [6.45, 7) is 0. The molecule has 0 aliphatic heterocycles. The van der Waals surface area contributed by atoms with Gasteiger partial charge in [0.15, 0.2) is 4.98 Å². The predicted octanol–water partition coefficient (Wildman–Crippen LogP) is -1.36. The molecule has 0 unspecified atom stereocenters. The predicted molar refractivity (Wildman–Crippen MR) is 43.3 cm³/mol. The molecule has 5 heteroatoms. The molecule has 0 bridgehead atoms. The minimum Gasteiger partial charge on any atom is -1.00 e. The van der Waals surface area contributed by atoms with Gasteiger partial charge in [-0.05, 0) is 6.07 Å². The van der Waals surface area contributed by atoms with Gasteiger partial charge in [0.1, 0.15) is 0 Å². The summed E-state index contributed by atoms with van der Waals surface area (Å²) in [7, 11) is 3.69. The first-order valence-electron chi connectivity index (χ1n) is 3.23. The zero-order chi connectivity index (χ0) is 8.27. The Hall–Kier alpha value is -1.34. The van der Waals surface area contributed by atoms with Crippen molar-refractivity contribution in [3.05, 3.63) is 23.3 Å². The highest BCUT2D eigenvalue weighted by atomic mass is 35.5. The van der Waals surface area contributed by atoms with Gasteiger partial charge in [-0.2, -0.15) is 0 Å². The molecule has 0 aromatic carbocycles. The Morgan fingerprint density at radius 1 is 1.50 bits per heavy atom. The van der Waals surface area contributed by atoms with E-state index in [1.807, 2.05) is 14.1 Å². The minimum atomic E-state index is 0. The van der Waals surface area contributed by atoms with Crippen LogP contribution < -0.4 is 17.3 Å². The topological polar surface area (TPSA) is 44.3 Å². The Bertz CT molecular complexity index is 292. The molecule has 0 aliphatic carbocycles. The Balaban J connectivity index is 0.00000121. The van der Waals surface area contributed by atoms with E-state index in [-0.39, 0.29) is 12.4 Å². The Morgan fingerprint density at radius 3 is 2.58 bits per heavy atom. The van der Waals surface area contributed by atoms with Gasteiger partial charge < -0.3 is 17.3 Å². The molecule has 4 nitrogen and oxygen atoms in total. The van der Waals surface area contributed by atoms with Crippen molar-refractivity contribution in [2.75, 3.05) is 19.0 Å². The van der Waals surface area contributed by atoms with Gasteiger partial charge >= 0.3 is 5.69 Å². The number of nitrogens with zero attached hydrogens (tertiary/aromatic N) is 4. The molecule has 1 aromatic heterocycles. The lowest BCUT2D eigenvalue weighted by Gasteiger charge is -2.06. The molecule has 0 radical (unpaired) electrons. The van der Waals surface area contributed by atoms with E-state index in [0.717, 1.165) is 0 Å². The first-order chi connectivity index (χ1) is 5.25. The number of anilines is 1. The lowest BCUT2D eigenvalue weighted by Crippen LogP contribution is -3.00. The van der Waals surface area contributed by atoms with Crippen LogP contribution in [0.1, 0.15) is 0 Å². The SMILES string of the molecule is CN(C)c1ncccc1[N+]#N.[Cl-]. The Morgan fingerprint density at radius 2 is 2.17 bits per heavy atom. The normalized spacial score (nSPS) is 8.08. The number of halogens is 1. The molecule has 64 valence electrons. The summed E-state index contributed by atoms with van der Waals surface area (Å²) in [5.74, 6) is 0.662. The highest BCUT2D eigenvalue weighted by Gasteiger charge is 2.14. The van der Waals surface area contributed by atoms with Gasteiger partial charge in [0.05, 0.1) is 0 Å². The summed E-state index contributed by atoms with van der Waals surface area (Å²) in [4.78, 5) is 8.90. The number of rotatable bonds is 1. The molecule has 0 amide bonds. The maximum absolute atomic E-state index is 8.53. The van der Waals surface area contributed by atoms with Gasteiger partial charge in [-0.15, -0.1) is 0 Å². The molecule has 1 heterocycles. The highest BCUT2D eigenvalue weighted by molar-refractivity contribution is 5.64. The van der Waals surface area contributed by atoms with Gasteiger partial charge in [-0.25, -0.2) is 4.98 Å². The molecule has 0 N–H and O–H groups in total. The van der Waals surface area contributed by atoms with Crippen LogP contribution in [0.2, 0.25) is 0 Å². The molecule has 0 saturated heterocycles. The average molecular weight is 185 g/mol. The number of diazo groups is 1. The van der Waals surface area contributed by atoms with E-state index in [9.17, 15) is 0 Å². The second-order valence-electron chi connectivity index (χ2n) is 2.34. The van der Waals surface area contributed by atoms with Gasteiger partial charge in [-0.1, -0.05) is 0 Å². The van der Waals surface area contributed by atoms with Gasteiger partial charge in [-0.3, -0.25) is 0 Å². The van der Waals surface area contributed by atoms with Gasteiger partial charge in [0.25, 0.3) is 0 Å². The van der Waals surface area contributed by atoms with Crippen LogP contribution in [-0.4, -0.2) is 19.1 Å². The molecule has 1 aromatic rings. The molecule has 0 aliphatic rings. The number of hydrogen-bond donors (Lipinski definition) is 0. The molecular formula is C7H9ClN4. The lowest BCUT2D eigenvalue weighted by atomic mass is 10.4. The number of aromatic nitrogens is 1. The summed E-state index contributed by atoms with van der Waals surface area (Å²) in [6, 6.07) is 3.42.